The van der Waals surface area contributed by atoms with E-state index in [1.165, 1.54) is 6.92 Å². The summed E-state index contributed by atoms with van der Waals surface area (Å²) < 4.78 is 44.1. The first-order chi connectivity index (χ1) is 10.8. The first-order valence-corrected chi connectivity index (χ1v) is 8.19. The highest BCUT2D eigenvalue weighted by molar-refractivity contribution is 7.87. The summed E-state index contributed by atoms with van der Waals surface area (Å²) in [4.78, 5) is 26.3. The number of carbonyl (C=O) groups excluding carboxylic acids is 2. The summed E-state index contributed by atoms with van der Waals surface area (Å²) >= 11 is 0. The van der Waals surface area contributed by atoms with E-state index < -0.39 is 64.4 Å². The Kier molecular flexibility index (Phi) is 3.66. The first kappa shape index (κ1) is 15.9. The molecule has 3 aliphatic rings. The molecule has 2 bridgehead atoms. The molecule has 0 aromatic heterocycles. The van der Waals surface area contributed by atoms with Crippen LogP contribution in [0.25, 0.3) is 4.85 Å². The Bertz CT molecular complexity index is 723. The van der Waals surface area contributed by atoms with Crippen molar-refractivity contribution in [2.24, 2.45) is 0 Å². The van der Waals surface area contributed by atoms with Gasteiger partial charge in [0.2, 0.25) is 0 Å². The summed E-state index contributed by atoms with van der Waals surface area (Å²) in [5.74, 6) is -1.69. The number of esters is 2. The van der Waals surface area contributed by atoms with E-state index in [1.54, 1.807) is 0 Å². The molecule has 10 heteroatoms. The molecule has 0 N–H and O–H groups in total. The quantitative estimate of drug-likeness (QED) is 0.282. The zero-order valence-corrected chi connectivity index (χ0v) is 12.8. The second-order valence-corrected chi connectivity index (χ2v) is 7.24. The molecule has 3 aliphatic heterocycles. The van der Waals surface area contributed by atoms with Gasteiger partial charge in [0, 0.05) is 5.57 Å². The fourth-order valence-corrected chi connectivity index (χ4v) is 4.75. The lowest BCUT2D eigenvalue weighted by Gasteiger charge is -2.22. The molecule has 0 spiro atoms. The summed E-state index contributed by atoms with van der Waals surface area (Å²) in [6, 6.07) is -0.857. The summed E-state index contributed by atoms with van der Waals surface area (Å²) in [5, 5.41) is -1.16. The van der Waals surface area contributed by atoms with Gasteiger partial charge in [0.1, 0.15) is 6.10 Å². The van der Waals surface area contributed by atoms with E-state index in [0.29, 0.717) is 0 Å². The molecule has 0 amide bonds. The van der Waals surface area contributed by atoms with Gasteiger partial charge in [-0.3, -0.25) is 4.18 Å². The highest BCUT2D eigenvalue weighted by Gasteiger charge is 2.75. The average molecular weight is 343 g/mol. The van der Waals surface area contributed by atoms with Crippen LogP contribution in [0.3, 0.4) is 0 Å². The molecule has 3 heterocycles. The van der Waals surface area contributed by atoms with Crippen LogP contribution in [0.4, 0.5) is 0 Å². The highest BCUT2D eigenvalue weighted by Crippen LogP contribution is 2.49. The molecule has 0 aromatic carbocycles. The van der Waals surface area contributed by atoms with Gasteiger partial charge in [-0.2, -0.15) is 8.42 Å². The normalized spacial score (nSPS) is 38.8. The minimum Gasteiger partial charge on any atom is -0.455 e. The zero-order valence-electron chi connectivity index (χ0n) is 12.0. The lowest BCUT2D eigenvalue weighted by molar-refractivity contribution is -0.162. The first-order valence-electron chi connectivity index (χ1n) is 6.72. The number of hydrogen-bond acceptors (Lipinski definition) is 8. The van der Waals surface area contributed by atoms with Crippen molar-refractivity contribution in [2.45, 2.75) is 42.6 Å². The maximum Gasteiger partial charge on any atom is 0.344 e. The summed E-state index contributed by atoms with van der Waals surface area (Å²) in [5.41, 5.74) is 0.115. The number of ether oxygens (including phenoxy) is 3. The molecule has 3 saturated heterocycles. The number of rotatable bonds is 4. The van der Waals surface area contributed by atoms with Gasteiger partial charge in [0.05, 0.1) is 0 Å². The van der Waals surface area contributed by atoms with E-state index in [4.69, 9.17) is 20.2 Å². The molecule has 0 radical (unpaired) electrons. The van der Waals surface area contributed by atoms with Crippen LogP contribution >= 0.6 is 0 Å². The molecule has 0 aromatic rings. The van der Waals surface area contributed by atoms with Gasteiger partial charge in [0.15, 0.2) is 30.2 Å². The number of nitrogens with zero attached hydrogens (tertiary/aromatic N) is 1. The Morgan fingerprint density at radius 2 is 2.00 bits per heavy atom. The van der Waals surface area contributed by atoms with Crippen LogP contribution in [0, 0.1) is 6.57 Å². The van der Waals surface area contributed by atoms with Crippen LogP contribution in [0.1, 0.15) is 6.92 Å². The third-order valence-corrected chi connectivity index (χ3v) is 5.64. The SMILES string of the molecule is [C-]#[N+]C1C2OC3C1OS(=O)(=O)C3C2OC(=O)COC(=O)C(=C)C. The smallest absolute Gasteiger partial charge is 0.344 e. The van der Waals surface area contributed by atoms with Crippen molar-refractivity contribution in [2.75, 3.05) is 6.61 Å². The van der Waals surface area contributed by atoms with E-state index in [2.05, 4.69) is 16.2 Å². The fraction of sp³-hybridized carbons (Fsp3) is 0.615. The molecular formula is C13H13NO8S. The van der Waals surface area contributed by atoms with Crippen molar-refractivity contribution in [3.05, 3.63) is 23.6 Å². The lowest BCUT2D eigenvalue weighted by Crippen LogP contribution is -2.49. The lowest BCUT2D eigenvalue weighted by atomic mass is 9.90. The van der Waals surface area contributed by atoms with Gasteiger partial charge in [-0.1, -0.05) is 6.58 Å². The van der Waals surface area contributed by atoms with Crippen LogP contribution in [0.2, 0.25) is 0 Å². The Morgan fingerprint density at radius 1 is 1.30 bits per heavy atom. The number of hydrogen-bond donors (Lipinski definition) is 0. The molecular weight excluding hydrogens is 330 g/mol. The maximum absolute atomic E-state index is 12.0. The van der Waals surface area contributed by atoms with Gasteiger partial charge in [-0.25, -0.2) is 16.2 Å². The van der Waals surface area contributed by atoms with Gasteiger partial charge in [-0.05, 0) is 6.92 Å². The molecule has 23 heavy (non-hydrogen) atoms. The molecule has 3 rings (SSSR count). The average Bonchev–Trinajstić information content (AvgIpc) is 3.05. The van der Waals surface area contributed by atoms with Crippen LogP contribution < -0.4 is 0 Å². The number of carbonyl (C=O) groups is 2. The van der Waals surface area contributed by atoms with Crippen molar-refractivity contribution in [3.63, 3.8) is 0 Å². The predicted molar refractivity (Wildman–Crippen MR) is 72.3 cm³/mol. The van der Waals surface area contributed by atoms with Crippen LogP contribution in [0.5, 0.6) is 0 Å². The number of fused-ring (bicyclic) bond motifs is 1. The van der Waals surface area contributed by atoms with Crippen molar-refractivity contribution in [1.29, 1.82) is 0 Å². The van der Waals surface area contributed by atoms with E-state index in [9.17, 15) is 18.0 Å². The molecule has 124 valence electrons. The fourth-order valence-electron chi connectivity index (χ4n) is 3.00. The second-order valence-electron chi connectivity index (χ2n) is 5.51. The molecule has 3 fully saturated rings. The van der Waals surface area contributed by atoms with Gasteiger partial charge >= 0.3 is 11.9 Å². The van der Waals surface area contributed by atoms with Gasteiger partial charge < -0.3 is 19.1 Å². The Balaban J connectivity index is 1.71. The van der Waals surface area contributed by atoms with E-state index >= 15 is 0 Å². The van der Waals surface area contributed by atoms with E-state index in [0.717, 1.165) is 0 Å². The summed E-state index contributed by atoms with van der Waals surface area (Å²) in [7, 11) is -3.98. The third kappa shape index (κ3) is 2.41. The zero-order chi connectivity index (χ0) is 16.9. The topological polar surface area (TPSA) is 110 Å². The second kappa shape index (κ2) is 5.30. The van der Waals surface area contributed by atoms with E-state index in [-0.39, 0.29) is 5.57 Å². The monoisotopic (exact) mass is 343 g/mol. The highest BCUT2D eigenvalue weighted by atomic mass is 32.2. The van der Waals surface area contributed by atoms with Crippen molar-refractivity contribution < 1.29 is 36.4 Å². The molecule has 6 atom stereocenters. The Hall–Kier alpha value is -1.96. The molecule has 9 nitrogen and oxygen atoms in total. The summed E-state index contributed by atoms with van der Waals surface area (Å²) in [6.07, 6.45) is -3.70. The van der Waals surface area contributed by atoms with Crippen molar-refractivity contribution in [3.8, 4) is 0 Å². The van der Waals surface area contributed by atoms with Gasteiger partial charge in [-0.15, -0.1) is 0 Å². The van der Waals surface area contributed by atoms with E-state index in [1.807, 2.05) is 0 Å². The van der Waals surface area contributed by atoms with Gasteiger partial charge in [0.25, 0.3) is 16.2 Å². The summed E-state index contributed by atoms with van der Waals surface area (Å²) in [6.45, 7) is 11.2. The molecule has 6 unspecified atom stereocenters. The standard InChI is InChI=1S/C13H13NO8S/c1-5(2)13(16)19-4-6(15)20-10-8-7(14-3)9-11(21-8)12(10)23(17,18)22-9/h7-12H,1,4H2,2H3. The minimum atomic E-state index is -3.98. The minimum absolute atomic E-state index is 0.115. The van der Waals surface area contributed by atoms with Crippen LogP contribution in [0.15, 0.2) is 12.2 Å². The molecule has 0 aliphatic carbocycles. The van der Waals surface area contributed by atoms with Crippen LogP contribution in [-0.4, -0.2) is 62.7 Å². The molecule has 0 saturated carbocycles. The van der Waals surface area contributed by atoms with Crippen LogP contribution in [-0.2, 0) is 38.1 Å². The predicted octanol–water partition coefficient (Wildman–Crippen LogP) is -0.816. The van der Waals surface area contributed by atoms with Crippen molar-refractivity contribution >= 4 is 22.1 Å². The Labute approximate surface area is 132 Å². The largest absolute Gasteiger partial charge is 0.455 e. The Morgan fingerprint density at radius 3 is 2.61 bits per heavy atom. The van der Waals surface area contributed by atoms with Crippen molar-refractivity contribution in [1.82, 2.24) is 0 Å². The third-order valence-electron chi connectivity index (χ3n) is 3.95. The maximum atomic E-state index is 12.0.